The fourth-order valence-electron chi connectivity index (χ4n) is 3.33. The molecule has 0 unspecified atom stereocenters. The fraction of sp³-hybridized carbons (Fsp3) is 0.409. The SMILES string of the molecule is CCCCn1c(CCC(=O)Nc2cccc(C)n2)nc2cc(S(=O)(=O)N(C)C)ccc21. The van der Waals surface area contributed by atoms with Crippen molar-refractivity contribution in [3.8, 4) is 0 Å². The number of anilines is 1. The van der Waals surface area contributed by atoms with Crippen LogP contribution in [0.5, 0.6) is 0 Å². The van der Waals surface area contributed by atoms with Gasteiger partial charge in [0.1, 0.15) is 11.6 Å². The minimum absolute atomic E-state index is 0.136. The molecule has 3 aromatic rings. The summed E-state index contributed by atoms with van der Waals surface area (Å²) in [4.78, 5) is 21.6. The summed E-state index contributed by atoms with van der Waals surface area (Å²) in [6, 6.07) is 10.5. The standard InChI is InChI=1S/C22H29N5O3S/c1-5-6-14-27-19-11-10-17(31(29,30)26(3)4)15-18(19)24-21(27)12-13-22(28)25-20-9-7-8-16(2)23-20/h7-11,15H,5-6,12-14H2,1-4H3,(H,23,25,28). The molecule has 0 atom stereocenters. The number of unbranched alkanes of at least 4 members (excludes halogenated alkanes) is 1. The van der Waals surface area contributed by atoms with Gasteiger partial charge in [-0.15, -0.1) is 0 Å². The topological polar surface area (TPSA) is 97.2 Å². The second-order valence-electron chi connectivity index (χ2n) is 7.68. The lowest BCUT2D eigenvalue weighted by atomic mass is 10.2. The molecule has 0 bridgehead atoms. The van der Waals surface area contributed by atoms with Crippen molar-refractivity contribution in [3.05, 3.63) is 47.9 Å². The van der Waals surface area contributed by atoms with Crippen LogP contribution in [0.15, 0.2) is 41.3 Å². The number of benzene rings is 1. The molecule has 0 fully saturated rings. The lowest BCUT2D eigenvalue weighted by Crippen LogP contribution is -2.22. The van der Waals surface area contributed by atoms with Gasteiger partial charge in [-0.1, -0.05) is 19.4 Å². The van der Waals surface area contributed by atoms with E-state index in [1.807, 2.05) is 19.1 Å². The summed E-state index contributed by atoms with van der Waals surface area (Å²) in [5, 5.41) is 2.82. The first kappa shape index (κ1) is 22.9. The van der Waals surface area contributed by atoms with Crippen LogP contribution < -0.4 is 5.32 Å². The van der Waals surface area contributed by atoms with E-state index in [1.165, 1.54) is 18.4 Å². The monoisotopic (exact) mass is 443 g/mol. The van der Waals surface area contributed by atoms with E-state index in [0.29, 0.717) is 17.8 Å². The van der Waals surface area contributed by atoms with Gasteiger partial charge in [0, 0.05) is 39.2 Å². The second-order valence-corrected chi connectivity index (χ2v) is 9.84. The van der Waals surface area contributed by atoms with E-state index in [2.05, 4.69) is 26.8 Å². The van der Waals surface area contributed by atoms with Crippen LogP contribution in [-0.4, -0.2) is 47.3 Å². The quantitative estimate of drug-likeness (QED) is 0.547. The molecule has 8 nitrogen and oxygen atoms in total. The molecule has 31 heavy (non-hydrogen) atoms. The Balaban J connectivity index is 1.84. The van der Waals surface area contributed by atoms with Crippen LogP contribution in [0, 0.1) is 6.92 Å². The first-order chi connectivity index (χ1) is 14.7. The van der Waals surface area contributed by atoms with Gasteiger partial charge in [0.05, 0.1) is 15.9 Å². The van der Waals surface area contributed by atoms with Gasteiger partial charge in [0.25, 0.3) is 0 Å². The molecule has 166 valence electrons. The zero-order chi connectivity index (χ0) is 22.6. The van der Waals surface area contributed by atoms with Gasteiger partial charge >= 0.3 is 0 Å². The molecule has 0 aliphatic carbocycles. The number of rotatable bonds is 9. The number of carbonyl (C=O) groups is 1. The Kier molecular flexibility index (Phi) is 7.07. The number of sulfonamides is 1. The maximum absolute atomic E-state index is 12.5. The highest BCUT2D eigenvalue weighted by molar-refractivity contribution is 7.89. The highest BCUT2D eigenvalue weighted by Crippen LogP contribution is 2.23. The molecule has 1 amide bonds. The molecule has 1 aromatic carbocycles. The van der Waals surface area contributed by atoms with E-state index < -0.39 is 10.0 Å². The summed E-state index contributed by atoms with van der Waals surface area (Å²) in [7, 11) is -0.527. The van der Waals surface area contributed by atoms with Gasteiger partial charge in [-0.05, 0) is 43.7 Å². The van der Waals surface area contributed by atoms with Crippen LogP contribution in [-0.2, 0) is 27.8 Å². The van der Waals surface area contributed by atoms with Crippen molar-refractivity contribution in [2.24, 2.45) is 0 Å². The Morgan fingerprint density at radius 1 is 1.16 bits per heavy atom. The third kappa shape index (κ3) is 5.29. The molecule has 3 rings (SSSR count). The first-order valence-electron chi connectivity index (χ1n) is 10.4. The number of nitrogens with one attached hydrogen (secondary N) is 1. The second kappa shape index (κ2) is 9.57. The third-order valence-corrected chi connectivity index (χ3v) is 6.86. The summed E-state index contributed by atoms with van der Waals surface area (Å²) in [5.74, 6) is 1.17. The van der Waals surface area contributed by atoms with Crippen molar-refractivity contribution in [2.45, 2.75) is 51.0 Å². The minimum atomic E-state index is -3.54. The van der Waals surface area contributed by atoms with Crippen LogP contribution in [0.1, 0.15) is 37.7 Å². The van der Waals surface area contributed by atoms with Gasteiger partial charge in [0.15, 0.2) is 0 Å². The number of nitrogens with zero attached hydrogens (tertiary/aromatic N) is 4. The third-order valence-electron chi connectivity index (χ3n) is 5.04. The molecule has 2 heterocycles. The Labute approximate surface area is 183 Å². The van der Waals surface area contributed by atoms with E-state index in [-0.39, 0.29) is 17.2 Å². The molecule has 1 N–H and O–H groups in total. The number of hydrogen-bond donors (Lipinski definition) is 1. The highest BCUT2D eigenvalue weighted by Gasteiger charge is 2.20. The number of fused-ring (bicyclic) bond motifs is 1. The summed E-state index contributed by atoms with van der Waals surface area (Å²) in [6.45, 7) is 4.75. The van der Waals surface area contributed by atoms with Gasteiger partial charge in [0.2, 0.25) is 15.9 Å². The average molecular weight is 444 g/mol. The Morgan fingerprint density at radius 2 is 1.94 bits per heavy atom. The fourth-order valence-corrected chi connectivity index (χ4v) is 4.25. The lowest BCUT2D eigenvalue weighted by Gasteiger charge is -2.11. The molecule has 2 aromatic heterocycles. The van der Waals surface area contributed by atoms with Gasteiger partial charge in [-0.25, -0.2) is 22.7 Å². The molecule has 0 radical (unpaired) electrons. The van der Waals surface area contributed by atoms with E-state index >= 15 is 0 Å². The summed E-state index contributed by atoms with van der Waals surface area (Å²) < 4.78 is 28.2. The summed E-state index contributed by atoms with van der Waals surface area (Å²) in [5.41, 5.74) is 2.33. The average Bonchev–Trinajstić information content (AvgIpc) is 3.07. The predicted octanol–water partition coefficient (Wildman–Crippen LogP) is 3.36. The number of aromatic nitrogens is 3. The van der Waals surface area contributed by atoms with Crippen molar-refractivity contribution in [2.75, 3.05) is 19.4 Å². The van der Waals surface area contributed by atoms with Gasteiger partial charge < -0.3 is 9.88 Å². The van der Waals surface area contributed by atoms with Crippen molar-refractivity contribution >= 4 is 32.8 Å². The van der Waals surface area contributed by atoms with E-state index in [0.717, 1.165) is 36.4 Å². The largest absolute Gasteiger partial charge is 0.328 e. The van der Waals surface area contributed by atoms with Crippen LogP contribution in [0.3, 0.4) is 0 Å². The molecule has 0 saturated carbocycles. The maximum atomic E-state index is 12.5. The molecular formula is C22H29N5O3S. The smallest absolute Gasteiger partial charge is 0.242 e. The molecule has 0 aliphatic heterocycles. The Morgan fingerprint density at radius 3 is 2.61 bits per heavy atom. The predicted molar refractivity (Wildman–Crippen MR) is 121 cm³/mol. The number of pyridine rings is 1. The van der Waals surface area contributed by atoms with Crippen LogP contribution in [0.25, 0.3) is 11.0 Å². The lowest BCUT2D eigenvalue weighted by molar-refractivity contribution is -0.116. The number of aryl methyl sites for hydroxylation is 3. The van der Waals surface area contributed by atoms with Crippen LogP contribution >= 0.6 is 0 Å². The van der Waals surface area contributed by atoms with Crippen molar-refractivity contribution in [1.29, 1.82) is 0 Å². The van der Waals surface area contributed by atoms with Crippen LogP contribution in [0.4, 0.5) is 5.82 Å². The Bertz CT molecular complexity index is 1190. The van der Waals surface area contributed by atoms with Crippen molar-refractivity contribution in [3.63, 3.8) is 0 Å². The highest BCUT2D eigenvalue weighted by atomic mass is 32.2. The zero-order valence-corrected chi connectivity index (χ0v) is 19.2. The van der Waals surface area contributed by atoms with Crippen molar-refractivity contribution < 1.29 is 13.2 Å². The summed E-state index contributed by atoms with van der Waals surface area (Å²) in [6.07, 6.45) is 2.70. The number of amides is 1. The number of carbonyl (C=O) groups excluding carboxylic acids is 1. The van der Waals surface area contributed by atoms with E-state index in [1.54, 1.807) is 24.3 Å². The Hall–Kier alpha value is -2.78. The molecular weight excluding hydrogens is 414 g/mol. The first-order valence-corrected chi connectivity index (χ1v) is 11.8. The van der Waals surface area contributed by atoms with Crippen LogP contribution in [0.2, 0.25) is 0 Å². The van der Waals surface area contributed by atoms with Crippen molar-refractivity contribution in [1.82, 2.24) is 18.8 Å². The summed E-state index contributed by atoms with van der Waals surface area (Å²) >= 11 is 0. The minimum Gasteiger partial charge on any atom is -0.328 e. The van der Waals surface area contributed by atoms with Gasteiger partial charge in [-0.3, -0.25) is 4.79 Å². The maximum Gasteiger partial charge on any atom is 0.242 e. The van der Waals surface area contributed by atoms with Gasteiger partial charge in [-0.2, -0.15) is 0 Å². The number of imidazole rings is 1. The van der Waals surface area contributed by atoms with E-state index in [9.17, 15) is 13.2 Å². The zero-order valence-electron chi connectivity index (χ0n) is 18.4. The normalized spacial score (nSPS) is 11.9. The molecule has 0 aliphatic rings. The molecule has 9 heteroatoms. The van der Waals surface area contributed by atoms with E-state index in [4.69, 9.17) is 0 Å². The molecule has 0 spiro atoms. The molecule has 0 saturated heterocycles. The number of hydrogen-bond acceptors (Lipinski definition) is 5.